The smallest absolute Gasteiger partial charge is 0.254 e. The molecule has 1 aromatic rings. The van der Waals surface area contributed by atoms with Crippen LogP contribution < -0.4 is 0 Å². The van der Waals surface area contributed by atoms with E-state index >= 15 is 0 Å². The first-order valence-corrected chi connectivity index (χ1v) is 6.34. The van der Waals surface area contributed by atoms with Gasteiger partial charge in [0, 0.05) is 25.7 Å². The van der Waals surface area contributed by atoms with Crippen LogP contribution in [0.3, 0.4) is 0 Å². The van der Waals surface area contributed by atoms with Crippen LogP contribution in [0.5, 0.6) is 11.5 Å². The highest BCUT2D eigenvalue weighted by molar-refractivity contribution is 6.00. The van der Waals surface area contributed by atoms with E-state index in [0.29, 0.717) is 13.1 Å². The Kier molecular flexibility index (Phi) is 3.33. The van der Waals surface area contributed by atoms with Gasteiger partial charge in [-0.1, -0.05) is 0 Å². The number of carbonyl (C=O) groups is 2. The predicted molar refractivity (Wildman–Crippen MR) is 72.5 cm³/mol. The Bertz CT molecular complexity index is 568. The first-order valence-electron chi connectivity index (χ1n) is 6.34. The molecule has 20 heavy (non-hydrogen) atoms. The molecule has 0 atom stereocenters. The summed E-state index contributed by atoms with van der Waals surface area (Å²) in [5.74, 6) is -1.10. The van der Waals surface area contributed by atoms with Crippen LogP contribution in [0.2, 0.25) is 0 Å². The monoisotopic (exact) mass is 278 g/mol. The third-order valence-corrected chi connectivity index (χ3v) is 3.67. The second-order valence-electron chi connectivity index (χ2n) is 5.45. The number of amides is 2. The van der Waals surface area contributed by atoms with E-state index in [0.717, 1.165) is 0 Å². The summed E-state index contributed by atoms with van der Waals surface area (Å²) in [5.41, 5.74) is -0.692. The molecule has 0 radical (unpaired) electrons. The first-order chi connectivity index (χ1) is 9.25. The van der Waals surface area contributed by atoms with Crippen LogP contribution in [-0.4, -0.2) is 57.5 Å². The molecule has 2 amide bonds. The van der Waals surface area contributed by atoms with Crippen molar-refractivity contribution in [2.75, 3.05) is 20.1 Å². The van der Waals surface area contributed by atoms with E-state index in [9.17, 15) is 19.8 Å². The van der Waals surface area contributed by atoms with Crippen LogP contribution in [0.15, 0.2) is 18.2 Å². The van der Waals surface area contributed by atoms with E-state index in [2.05, 4.69) is 0 Å². The van der Waals surface area contributed by atoms with Crippen molar-refractivity contribution in [3.8, 4) is 11.5 Å². The average molecular weight is 278 g/mol. The molecule has 6 nitrogen and oxygen atoms in total. The maximum absolute atomic E-state index is 12.5. The zero-order valence-corrected chi connectivity index (χ0v) is 11.8. The van der Waals surface area contributed by atoms with Crippen LogP contribution in [0.1, 0.15) is 24.2 Å². The summed E-state index contributed by atoms with van der Waals surface area (Å²) in [6.07, 6.45) is 0. The lowest BCUT2D eigenvalue weighted by atomic mass is 9.96. The quantitative estimate of drug-likeness (QED) is 0.744. The van der Waals surface area contributed by atoms with Crippen molar-refractivity contribution in [3.05, 3.63) is 23.8 Å². The third kappa shape index (κ3) is 2.17. The minimum atomic E-state index is -0.933. The first kappa shape index (κ1) is 14.2. The normalized spacial score (nSPS) is 18.2. The standard InChI is InChI=1S/C14H18N2O4/c1-14(2)13(20)15(3)6-7-16(14)12(19)9-4-5-10(17)11(18)8-9/h4-5,8,17-18H,6-7H2,1-3H3. The molecule has 1 aliphatic rings. The summed E-state index contributed by atoms with van der Waals surface area (Å²) in [6.45, 7) is 4.29. The lowest BCUT2D eigenvalue weighted by Gasteiger charge is -2.44. The lowest BCUT2D eigenvalue weighted by Crippen LogP contribution is -2.63. The molecule has 6 heteroatoms. The third-order valence-electron chi connectivity index (χ3n) is 3.67. The van der Waals surface area contributed by atoms with Crippen molar-refractivity contribution in [1.82, 2.24) is 9.80 Å². The molecule has 2 rings (SSSR count). The molecule has 108 valence electrons. The summed E-state index contributed by atoms with van der Waals surface area (Å²) >= 11 is 0. The molecule has 0 aliphatic carbocycles. The highest BCUT2D eigenvalue weighted by Crippen LogP contribution is 2.28. The zero-order valence-electron chi connectivity index (χ0n) is 11.8. The fourth-order valence-corrected chi connectivity index (χ4v) is 2.38. The highest BCUT2D eigenvalue weighted by Gasteiger charge is 2.43. The van der Waals surface area contributed by atoms with Crippen LogP contribution >= 0.6 is 0 Å². The summed E-state index contributed by atoms with van der Waals surface area (Å²) in [4.78, 5) is 27.7. The summed E-state index contributed by atoms with van der Waals surface area (Å²) < 4.78 is 0. The number of phenolic OH excluding ortho intramolecular Hbond substituents is 2. The maximum atomic E-state index is 12.5. The van der Waals surface area contributed by atoms with Crippen LogP contribution in [0, 0.1) is 0 Å². The van der Waals surface area contributed by atoms with Gasteiger partial charge in [0.05, 0.1) is 0 Å². The number of piperazine rings is 1. The van der Waals surface area contributed by atoms with E-state index in [4.69, 9.17) is 0 Å². The van der Waals surface area contributed by atoms with Gasteiger partial charge in [0.2, 0.25) is 5.91 Å². The molecule has 1 aromatic carbocycles. The van der Waals surface area contributed by atoms with Gasteiger partial charge in [0.25, 0.3) is 5.91 Å². The van der Waals surface area contributed by atoms with Gasteiger partial charge < -0.3 is 20.0 Å². The average Bonchev–Trinajstić information content (AvgIpc) is 2.39. The SMILES string of the molecule is CN1CCN(C(=O)c2ccc(O)c(O)c2)C(C)(C)C1=O. The van der Waals surface area contributed by atoms with Crippen molar-refractivity contribution in [3.63, 3.8) is 0 Å². The van der Waals surface area contributed by atoms with Gasteiger partial charge in [-0.05, 0) is 32.0 Å². The molecule has 2 N–H and O–H groups in total. The molecule has 0 saturated carbocycles. The molecule has 0 aromatic heterocycles. The van der Waals surface area contributed by atoms with Crippen molar-refractivity contribution in [2.24, 2.45) is 0 Å². The number of nitrogens with zero attached hydrogens (tertiary/aromatic N) is 2. The largest absolute Gasteiger partial charge is 0.504 e. The molecule has 0 bridgehead atoms. The minimum Gasteiger partial charge on any atom is -0.504 e. The summed E-state index contributed by atoms with van der Waals surface area (Å²) in [7, 11) is 1.71. The van der Waals surface area contributed by atoms with Crippen LogP contribution in [0.4, 0.5) is 0 Å². The number of carbonyl (C=O) groups excluding carboxylic acids is 2. The Morgan fingerprint density at radius 1 is 1.20 bits per heavy atom. The van der Waals surface area contributed by atoms with Crippen molar-refractivity contribution < 1.29 is 19.8 Å². The van der Waals surface area contributed by atoms with E-state index < -0.39 is 5.54 Å². The number of hydrogen-bond donors (Lipinski definition) is 2. The summed E-state index contributed by atoms with van der Waals surface area (Å²) in [5, 5.41) is 18.8. The molecule has 0 spiro atoms. The Morgan fingerprint density at radius 3 is 2.45 bits per heavy atom. The van der Waals surface area contributed by atoms with Gasteiger partial charge in [-0.25, -0.2) is 0 Å². The molecule has 1 heterocycles. The predicted octanol–water partition coefficient (Wildman–Crippen LogP) is 0.791. The van der Waals surface area contributed by atoms with E-state index in [1.165, 1.54) is 23.1 Å². The van der Waals surface area contributed by atoms with Crippen LogP contribution in [-0.2, 0) is 4.79 Å². The topological polar surface area (TPSA) is 81.1 Å². The van der Waals surface area contributed by atoms with E-state index in [-0.39, 0.29) is 28.9 Å². The van der Waals surface area contributed by atoms with Crippen molar-refractivity contribution >= 4 is 11.8 Å². The Morgan fingerprint density at radius 2 is 1.85 bits per heavy atom. The fraction of sp³-hybridized carbons (Fsp3) is 0.429. The molecule has 1 aliphatic heterocycles. The zero-order chi connectivity index (χ0) is 15.1. The van der Waals surface area contributed by atoms with E-state index in [1.807, 2.05) is 0 Å². The highest BCUT2D eigenvalue weighted by atomic mass is 16.3. The second kappa shape index (κ2) is 4.70. The fourth-order valence-electron chi connectivity index (χ4n) is 2.38. The maximum Gasteiger partial charge on any atom is 0.254 e. The Hall–Kier alpha value is -2.24. The number of rotatable bonds is 1. The van der Waals surface area contributed by atoms with Gasteiger partial charge in [0.15, 0.2) is 11.5 Å². The van der Waals surface area contributed by atoms with Gasteiger partial charge in [-0.15, -0.1) is 0 Å². The second-order valence-corrected chi connectivity index (χ2v) is 5.45. The van der Waals surface area contributed by atoms with Crippen molar-refractivity contribution in [2.45, 2.75) is 19.4 Å². The number of hydrogen-bond acceptors (Lipinski definition) is 4. The molecule has 0 unspecified atom stereocenters. The van der Waals surface area contributed by atoms with Gasteiger partial charge in [-0.2, -0.15) is 0 Å². The molecular weight excluding hydrogens is 260 g/mol. The minimum absolute atomic E-state index is 0.125. The van der Waals surface area contributed by atoms with Gasteiger partial charge >= 0.3 is 0 Å². The Labute approximate surface area is 117 Å². The van der Waals surface area contributed by atoms with Gasteiger partial charge in [0.1, 0.15) is 5.54 Å². The molecule has 1 fully saturated rings. The van der Waals surface area contributed by atoms with E-state index in [1.54, 1.807) is 25.8 Å². The Balaban J connectivity index is 2.33. The number of aromatic hydroxyl groups is 2. The lowest BCUT2D eigenvalue weighted by molar-refractivity contribution is -0.144. The molecular formula is C14H18N2O4. The van der Waals surface area contributed by atoms with Gasteiger partial charge in [-0.3, -0.25) is 9.59 Å². The number of benzene rings is 1. The number of phenols is 2. The van der Waals surface area contributed by atoms with Crippen molar-refractivity contribution in [1.29, 1.82) is 0 Å². The molecule has 1 saturated heterocycles. The number of likely N-dealkylation sites (N-methyl/N-ethyl adjacent to an activating group) is 1. The van der Waals surface area contributed by atoms with Crippen LogP contribution in [0.25, 0.3) is 0 Å². The summed E-state index contributed by atoms with van der Waals surface area (Å²) in [6, 6.07) is 3.89.